The fraction of sp³-hybridized carbons (Fsp3) is 0.375. The maximum atomic E-state index is 12.3. The van der Waals surface area contributed by atoms with E-state index < -0.39 is 17.3 Å². The van der Waals surface area contributed by atoms with Crippen LogP contribution in [0.2, 0.25) is 0 Å². The molecule has 0 radical (unpaired) electrons. The molecule has 2 aromatic rings. The van der Waals surface area contributed by atoms with Gasteiger partial charge in [-0.1, -0.05) is 36.2 Å². The summed E-state index contributed by atoms with van der Waals surface area (Å²) in [5.41, 5.74) is -0.831. The highest BCUT2D eigenvalue weighted by atomic mass is 16.5. The molecule has 24 heavy (non-hydrogen) atoms. The molecule has 0 bridgehead atoms. The Labute approximate surface area is 137 Å². The van der Waals surface area contributed by atoms with E-state index in [4.69, 9.17) is 9.63 Å². The number of rotatable bonds is 7. The summed E-state index contributed by atoms with van der Waals surface area (Å²) in [4.78, 5) is 30.3. The molecular formula is C16H18N4O4. The maximum Gasteiger partial charge on any atom is 0.443 e. The molecule has 8 nitrogen and oxygen atoms in total. The standard InChI is InChI=1S/C16H18N4O4/c21-13(22)7-2-1-4-8-16(14-17-10-11-18-14)9-5-3-6-12-19-24-15(23)20(12)16/h3,5-6,9-11H,1-2,4,7-8H2,(H,17,18)(H,21,22). The van der Waals surface area contributed by atoms with Crippen LogP contribution in [0.4, 0.5) is 0 Å². The summed E-state index contributed by atoms with van der Waals surface area (Å²) in [6.07, 6.45) is 13.4. The molecule has 0 fully saturated rings. The van der Waals surface area contributed by atoms with Crippen LogP contribution in [0.5, 0.6) is 0 Å². The Balaban J connectivity index is 1.92. The molecule has 1 aliphatic rings. The van der Waals surface area contributed by atoms with Crippen LogP contribution in [0.15, 0.2) is 39.9 Å². The highest BCUT2D eigenvalue weighted by Gasteiger charge is 2.38. The summed E-state index contributed by atoms with van der Waals surface area (Å²) in [6.45, 7) is 0. The molecule has 8 heteroatoms. The number of carboxylic acids is 1. The van der Waals surface area contributed by atoms with Gasteiger partial charge < -0.3 is 10.1 Å². The van der Waals surface area contributed by atoms with E-state index in [0.717, 1.165) is 12.8 Å². The van der Waals surface area contributed by atoms with Crippen molar-refractivity contribution >= 4 is 12.0 Å². The van der Waals surface area contributed by atoms with E-state index in [2.05, 4.69) is 15.1 Å². The van der Waals surface area contributed by atoms with Gasteiger partial charge in [-0.3, -0.25) is 9.32 Å². The van der Waals surface area contributed by atoms with Crippen LogP contribution < -0.4 is 5.76 Å². The molecule has 3 rings (SSSR count). The second-order valence-corrected chi connectivity index (χ2v) is 5.68. The Morgan fingerprint density at radius 3 is 2.96 bits per heavy atom. The van der Waals surface area contributed by atoms with Gasteiger partial charge in [-0.2, -0.15) is 0 Å². The lowest BCUT2D eigenvalue weighted by atomic mass is 9.90. The number of carbonyl (C=O) groups is 1. The average molecular weight is 330 g/mol. The van der Waals surface area contributed by atoms with E-state index in [1.54, 1.807) is 24.5 Å². The number of H-pyrrole nitrogens is 1. The number of unbranched alkanes of at least 4 members (excludes halogenated alkanes) is 2. The first kappa shape index (κ1) is 16.0. The number of aliphatic carboxylic acids is 1. The number of carboxylic acid groups (broad SMARTS) is 1. The van der Waals surface area contributed by atoms with E-state index >= 15 is 0 Å². The highest BCUT2D eigenvalue weighted by Crippen LogP contribution is 2.33. The van der Waals surface area contributed by atoms with Gasteiger partial charge in [-0.25, -0.2) is 14.3 Å². The van der Waals surface area contributed by atoms with E-state index in [1.165, 1.54) is 4.57 Å². The lowest BCUT2D eigenvalue weighted by Crippen LogP contribution is -2.40. The summed E-state index contributed by atoms with van der Waals surface area (Å²) >= 11 is 0. The molecule has 126 valence electrons. The summed E-state index contributed by atoms with van der Waals surface area (Å²) in [7, 11) is 0. The zero-order chi connectivity index (χ0) is 17.0. The van der Waals surface area contributed by atoms with Crippen LogP contribution in [0, 0.1) is 0 Å². The van der Waals surface area contributed by atoms with Gasteiger partial charge in [0, 0.05) is 18.8 Å². The second kappa shape index (κ2) is 6.69. The van der Waals surface area contributed by atoms with Gasteiger partial charge in [0.15, 0.2) is 5.82 Å². The van der Waals surface area contributed by atoms with Gasteiger partial charge in [-0.15, -0.1) is 0 Å². The van der Waals surface area contributed by atoms with Crippen LogP contribution in [0.1, 0.15) is 43.8 Å². The number of nitrogens with one attached hydrogen (secondary N) is 1. The molecule has 0 spiro atoms. The van der Waals surface area contributed by atoms with Crippen molar-refractivity contribution in [3.05, 3.63) is 52.8 Å². The number of fused-ring (bicyclic) bond motifs is 1. The molecule has 2 aromatic heterocycles. The van der Waals surface area contributed by atoms with E-state index in [-0.39, 0.29) is 6.42 Å². The van der Waals surface area contributed by atoms with Gasteiger partial charge in [0.2, 0.25) is 0 Å². The summed E-state index contributed by atoms with van der Waals surface area (Å²) < 4.78 is 6.33. The van der Waals surface area contributed by atoms with E-state index in [1.807, 2.05) is 12.2 Å². The van der Waals surface area contributed by atoms with Gasteiger partial charge >= 0.3 is 11.7 Å². The lowest BCUT2D eigenvalue weighted by Gasteiger charge is -2.29. The number of hydrogen-bond acceptors (Lipinski definition) is 5. The first-order chi connectivity index (χ1) is 11.6. The molecule has 1 atom stereocenters. The lowest BCUT2D eigenvalue weighted by molar-refractivity contribution is -0.137. The van der Waals surface area contributed by atoms with Crippen LogP contribution in [0.25, 0.3) is 6.08 Å². The minimum absolute atomic E-state index is 0.142. The Morgan fingerprint density at radius 2 is 2.21 bits per heavy atom. The minimum Gasteiger partial charge on any atom is -0.481 e. The number of hydrogen-bond donors (Lipinski definition) is 2. The summed E-state index contributed by atoms with van der Waals surface area (Å²) in [5, 5.41) is 12.6. The normalized spacial score (nSPS) is 19.2. The molecule has 0 aromatic carbocycles. The van der Waals surface area contributed by atoms with Crippen LogP contribution in [0.3, 0.4) is 0 Å². The van der Waals surface area contributed by atoms with Crippen LogP contribution in [-0.4, -0.2) is 30.8 Å². The van der Waals surface area contributed by atoms with Crippen molar-refractivity contribution in [3.8, 4) is 0 Å². The fourth-order valence-electron chi connectivity index (χ4n) is 3.01. The van der Waals surface area contributed by atoms with Gasteiger partial charge in [0.25, 0.3) is 0 Å². The van der Waals surface area contributed by atoms with Crippen LogP contribution in [-0.2, 0) is 10.3 Å². The van der Waals surface area contributed by atoms with Gasteiger partial charge in [0.05, 0.1) is 0 Å². The monoisotopic (exact) mass is 330 g/mol. The number of allylic oxidation sites excluding steroid dienone is 3. The van der Waals surface area contributed by atoms with E-state index in [0.29, 0.717) is 24.5 Å². The molecule has 0 aliphatic carbocycles. The number of imidazole rings is 1. The molecule has 3 heterocycles. The Hall–Kier alpha value is -2.90. The van der Waals surface area contributed by atoms with Crippen LogP contribution >= 0.6 is 0 Å². The van der Waals surface area contributed by atoms with Crippen molar-refractivity contribution < 1.29 is 14.4 Å². The second-order valence-electron chi connectivity index (χ2n) is 5.68. The number of aromatic nitrogens is 4. The molecular weight excluding hydrogens is 312 g/mol. The zero-order valence-corrected chi connectivity index (χ0v) is 13.0. The quantitative estimate of drug-likeness (QED) is 0.750. The topological polar surface area (TPSA) is 114 Å². The molecule has 1 unspecified atom stereocenters. The molecule has 0 saturated heterocycles. The largest absolute Gasteiger partial charge is 0.481 e. The highest BCUT2D eigenvalue weighted by molar-refractivity contribution is 5.66. The molecule has 2 N–H and O–H groups in total. The first-order valence-electron chi connectivity index (χ1n) is 7.80. The van der Waals surface area contributed by atoms with Crippen molar-refractivity contribution in [3.63, 3.8) is 0 Å². The predicted molar refractivity (Wildman–Crippen MR) is 85.3 cm³/mol. The smallest absolute Gasteiger partial charge is 0.443 e. The van der Waals surface area contributed by atoms with Gasteiger partial charge in [-0.05, 0) is 18.9 Å². The Morgan fingerprint density at radius 1 is 1.33 bits per heavy atom. The molecule has 1 aliphatic heterocycles. The van der Waals surface area contributed by atoms with E-state index in [9.17, 15) is 9.59 Å². The van der Waals surface area contributed by atoms with Crippen molar-refractivity contribution in [2.75, 3.05) is 0 Å². The van der Waals surface area contributed by atoms with Crippen molar-refractivity contribution in [1.29, 1.82) is 0 Å². The fourth-order valence-corrected chi connectivity index (χ4v) is 3.01. The minimum atomic E-state index is -0.831. The molecule has 0 amide bonds. The van der Waals surface area contributed by atoms with Crippen molar-refractivity contribution in [1.82, 2.24) is 19.7 Å². The third kappa shape index (κ3) is 2.94. The third-order valence-electron chi connectivity index (χ3n) is 4.11. The number of aromatic amines is 1. The molecule has 0 saturated carbocycles. The van der Waals surface area contributed by atoms with Crippen molar-refractivity contribution in [2.24, 2.45) is 0 Å². The maximum absolute atomic E-state index is 12.3. The summed E-state index contributed by atoms with van der Waals surface area (Å²) in [5.74, 6) is -0.311. The Bertz CT molecular complexity index is 816. The Kier molecular flexibility index (Phi) is 4.45. The van der Waals surface area contributed by atoms with Gasteiger partial charge in [0.1, 0.15) is 11.4 Å². The first-order valence-corrected chi connectivity index (χ1v) is 7.80. The number of nitrogens with zero attached hydrogens (tertiary/aromatic N) is 3. The third-order valence-corrected chi connectivity index (χ3v) is 4.11. The average Bonchev–Trinajstić information content (AvgIpc) is 3.16. The van der Waals surface area contributed by atoms with Crippen molar-refractivity contribution in [2.45, 2.75) is 37.6 Å². The SMILES string of the molecule is O=C(O)CCCCCC1(c2ncc[nH]2)C=CC=Cc2noc(=O)n21. The summed E-state index contributed by atoms with van der Waals surface area (Å²) in [6, 6.07) is 0. The zero-order valence-electron chi connectivity index (χ0n) is 13.0. The predicted octanol–water partition coefficient (Wildman–Crippen LogP) is 1.92.